The second-order valence-electron chi connectivity index (χ2n) is 6.04. The molecule has 2 N–H and O–H groups in total. The number of benzene rings is 2. The molecule has 1 heterocycles. The van der Waals surface area contributed by atoms with Gasteiger partial charge >= 0.3 is 0 Å². The maximum atomic E-state index is 7.14. The molecule has 2 aromatic carbocycles. The van der Waals surface area contributed by atoms with Crippen LogP contribution in [0.15, 0.2) is 54.7 Å². The fourth-order valence-corrected chi connectivity index (χ4v) is 2.54. The molecule has 0 bridgehead atoms. The first-order valence-corrected chi connectivity index (χ1v) is 9.32. The van der Waals surface area contributed by atoms with Gasteiger partial charge in [0.15, 0.2) is 0 Å². The predicted octanol–water partition coefficient (Wildman–Crippen LogP) is 5.34. The average Bonchev–Trinajstić information content (AvgIpc) is 3.16. The van der Waals surface area contributed by atoms with Crippen molar-refractivity contribution in [2.45, 2.75) is 27.7 Å². The van der Waals surface area contributed by atoms with Crippen molar-refractivity contribution in [3.05, 3.63) is 65.9 Å². The van der Waals surface area contributed by atoms with Crippen molar-refractivity contribution in [1.29, 1.82) is 5.41 Å². The number of aryl methyl sites for hydroxylation is 2. The van der Waals surface area contributed by atoms with Crippen LogP contribution in [0.25, 0.3) is 5.69 Å². The molecule has 3 rings (SSSR count). The van der Waals surface area contributed by atoms with Crippen LogP contribution in [0.1, 0.15) is 25.0 Å². The van der Waals surface area contributed by atoms with Gasteiger partial charge in [-0.25, -0.2) is 4.68 Å². The second-order valence-corrected chi connectivity index (χ2v) is 6.04. The first-order chi connectivity index (χ1) is 13.6. The Morgan fingerprint density at radius 1 is 1.04 bits per heavy atom. The molecule has 1 aromatic heterocycles. The Bertz CT molecular complexity index is 873. The number of nitrogens with zero attached hydrogens (tertiary/aromatic N) is 2. The lowest BCUT2D eigenvalue weighted by molar-refractivity contribution is 0.162. The van der Waals surface area contributed by atoms with Crippen LogP contribution in [-0.2, 0) is 4.74 Å². The summed E-state index contributed by atoms with van der Waals surface area (Å²) in [6.07, 6.45) is 3.04. The lowest BCUT2D eigenvalue weighted by Gasteiger charge is -2.11. The van der Waals surface area contributed by atoms with Crippen LogP contribution < -0.4 is 10.1 Å². The highest BCUT2D eigenvalue weighted by molar-refractivity contribution is 5.76. The van der Waals surface area contributed by atoms with E-state index in [2.05, 4.69) is 10.4 Å². The van der Waals surface area contributed by atoms with Crippen LogP contribution >= 0.6 is 0 Å². The number of aromatic nitrogens is 2. The van der Waals surface area contributed by atoms with Crippen molar-refractivity contribution in [2.24, 2.45) is 0 Å². The van der Waals surface area contributed by atoms with Crippen LogP contribution in [-0.4, -0.2) is 29.3 Å². The molecule has 6 nitrogen and oxygen atoms in total. The van der Waals surface area contributed by atoms with E-state index in [-0.39, 0.29) is 0 Å². The third-order valence-corrected chi connectivity index (χ3v) is 3.96. The highest BCUT2D eigenvalue weighted by Crippen LogP contribution is 2.29. The predicted molar refractivity (Wildman–Crippen MR) is 114 cm³/mol. The van der Waals surface area contributed by atoms with Crippen molar-refractivity contribution >= 4 is 12.0 Å². The minimum Gasteiger partial charge on any atom is -0.437 e. The summed E-state index contributed by atoms with van der Waals surface area (Å²) in [5.41, 5.74) is 3.88. The largest absolute Gasteiger partial charge is 0.437 e. The molecular formula is C22H28N4O2. The molecule has 0 fully saturated rings. The van der Waals surface area contributed by atoms with E-state index in [0.717, 1.165) is 41.5 Å². The lowest BCUT2D eigenvalue weighted by atomic mass is 10.1. The number of hydrogen-bond acceptors (Lipinski definition) is 4. The number of anilines is 1. The van der Waals surface area contributed by atoms with Crippen molar-refractivity contribution in [3.8, 4) is 17.3 Å². The topological polar surface area (TPSA) is 72.2 Å². The third-order valence-electron chi connectivity index (χ3n) is 3.96. The number of para-hydroxylation sites is 1. The Labute approximate surface area is 166 Å². The zero-order valence-corrected chi connectivity index (χ0v) is 16.9. The van der Waals surface area contributed by atoms with Gasteiger partial charge in [0.05, 0.1) is 12.0 Å². The third kappa shape index (κ3) is 5.96. The van der Waals surface area contributed by atoms with Gasteiger partial charge in [0.1, 0.15) is 5.75 Å². The van der Waals surface area contributed by atoms with E-state index in [1.165, 1.54) is 6.34 Å². The molecule has 0 atom stereocenters. The van der Waals surface area contributed by atoms with Crippen LogP contribution in [0.2, 0.25) is 0 Å². The number of ether oxygens (including phenoxy) is 2. The maximum absolute atomic E-state index is 7.14. The molecule has 0 aliphatic rings. The van der Waals surface area contributed by atoms with Gasteiger partial charge in [-0.1, -0.05) is 18.2 Å². The Kier molecular flexibility index (Phi) is 8.24. The van der Waals surface area contributed by atoms with E-state index < -0.39 is 0 Å². The van der Waals surface area contributed by atoms with Gasteiger partial charge in [-0.15, -0.1) is 5.10 Å². The van der Waals surface area contributed by atoms with Crippen LogP contribution in [0, 0.1) is 19.3 Å². The van der Waals surface area contributed by atoms with Crippen molar-refractivity contribution < 1.29 is 9.47 Å². The van der Waals surface area contributed by atoms with E-state index in [9.17, 15) is 0 Å². The first kappa shape index (κ1) is 21.2. The van der Waals surface area contributed by atoms with Crippen molar-refractivity contribution in [3.63, 3.8) is 0 Å². The van der Waals surface area contributed by atoms with Crippen LogP contribution in [0.4, 0.5) is 5.69 Å². The van der Waals surface area contributed by atoms with E-state index in [0.29, 0.717) is 5.88 Å². The van der Waals surface area contributed by atoms with E-state index >= 15 is 0 Å². The summed E-state index contributed by atoms with van der Waals surface area (Å²) in [6, 6.07) is 15.6. The van der Waals surface area contributed by atoms with Crippen LogP contribution in [0.5, 0.6) is 11.6 Å². The summed E-state index contributed by atoms with van der Waals surface area (Å²) in [6.45, 7) is 9.61. The van der Waals surface area contributed by atoms with E-state index in [1.807, 2.05) is 82.4 Å². The van der Waals surface area contributed by atoms with Gasteiger partial charge in [-0.2, -0.15) is 0 Å². The second kappa shape index (κ2) is 10.9. The molecule has 0 aliphatic heterocycles. The zero-order valence-electron chi connectivity index (χ0n) is 16.9. The Morgan fingerprint density at radius 2 is 1.75 bits per heavy atom. The summed E-state index contributed by atoms with van der Waals surface area (Å²) in [4.78, 5) is 0. The van der Waals surface area contributed by atoms with Gasteiger partial charge in [-0.3, -0.25) is 5.41 Å². The Morgan fingerprint density at radius 3 is 2.36 bits per heavy atom. The quantitative estimate of drug-likeness (QED) is 0.428. The van der Waals surface area contributed by atoms with Gasteiger partial charge in [-0.05, 0) is 63.1 Å². The molecule has 0 saturated carbocycles. The van der Waals surface area contributed by atoms with E-state index in [4.69, 9.17) is 14.9 Å². The summed E-state index contributed by atoms with van der Waals surface area (Å²) in [7, 11) is 0. The SMILES string of the molecule is CCOCC.Cc1cc(Oc2ccn(-c3ccccc3)n2)c(C)cc1NC=N. The van der Waals surface area contributed by atoms with Gasteiger partial charge in [0.2, 0.25) is 5.88 Å². The Balaban J connectivity index is 0.000000500. The Hall–Kier alpha value is -3.12. The number of nitrogens with one attached hydrogen (secondary N) is 2. The van der Waals surface area contributed by atoms with Crippen molar-refractivity contribution in [1.82, 2.24) is 9.78 Å². The molecule has 0 aliphatic carbocycles. The minimum absolute atomic E-state index is 0.545. The zero-order chi connectivity index (χ0) is 20.4. The molecule has 28 heavy (non-hydrogen) atoms. The van der Waals surface area contributed by atoms with Gasteiger partial charge in [0.25, 0.3) is 0 Å². The fourth-order valence-electron chi connectivity index (χ4n) is 2.54. The summed E-state index contributed by atoms with van der Waals surface area (Å²) in [5, 5.41) is 14.5. The molecule has 0 radical (unpaired) electrons. The van der Waals surface area contributed by atoms with E-state index in [1.54, 1.807) is 4.68 Å². The van der Waals surface area contributed by atoms with Gasteiger partial charge < -0.3 is 14.8 Å². The molecular weight excluding hydrogens is 352 g/mol. The number of hydrogen-bond donors (Lipinski definition) is 2. The molecule has 0 amide bonds. The monoisotopic (exact) mass is 380 g/mol. The molecule has 3 aromatic rings. The normalized spacial score (nSPS) is 10.0. The minimum atomic E-state index is 0.545. The summed E-state index contributed by atoms with van der Waals surface area (Å²) < 4.78 is 12.5. The number of rotatable bonds is 7. The highest BCUT2D eigenvalue weighted by atomic mass is 16.5. The molecule has 0 saturated heterocycles. The smallest absolute Gasteiger partial charge is 0.238 e. The molecule has 148 valence electrons. The lowest BCUT2D eigenvalue weighted by Crippen LogP contribution is -1.98. The van der Waals surface area contributed by atoms with Crippen LogP contribution in [0.3, 0.4) is 0 Å². The highest BCUT2D eigenvalue weighted by Gasteiger charge is 2.08. The van der Waals surface area contributed by atoms with Crippen molar-refractivity contribution in [2.75, 3.05) is 18.5 Å². The van der Waals surface area contributed by atoms with Gasteiger partial charge in [0, 0.05) is 31.2 Å². The average molecular weight is 380 g/mol. The molecule has 0 unspecified atom stereocenters. The maximum Gasteiger partial charge on any atom is 0.238 e. The molecule has 0 spiro atoms. The first-order valence-electron chi connectivity index (χ1n) is 9.32. The fraction of sp³-hybridized carbons (Fsp3) is 0.273. The summed E-state index contributed by atoms with van der Waals surface area (Å²) in [5.74, 6) is 1.31. The molecule has 6 heteroatoms. The standard InChI is InChI=1S/C18H18N4O.C4H10O/c1-13-11-17(14(2)10-16(13)20-12-19)23-18-8-9-22(21-18)15-6-4-3-5-7-15;1-3-5-4-2/h3-12H,1-2H3,(H2,19,20);3-4H2,1-2H3. The summed E-state index contributed by atoms with van der Waals surface area (Å²) >= 11 is 0.